The summed E-state index contributed by atoms with van der Waals surface area (Å²) in [5.41, 5.74) is 3.67. The SMILES string of the molecule is [2H][C@](NC(=O)[C@H](CSCc1ccc(OC)cc1)NC(=O)CCC[C@@H](NC(=O)OCc1ccc(OC)cc1)C(=O)OCc1ccc(OC)cc1)(C(=O)OC(c1ccccc1)c1ccccc1)[13CH]([13CH3])[13CH3]. The van der Waals surface area contributed by atoms with Gasteiger partial charge < -0.3 is 44.4 Å². The molecule has 0 fully saturated rings. The van der Waals surface area contributed by atoms with E-state index in [9.17, 15) is 25.3 Å². The molecule has 5 rings (SSSR count). The van der Waals surface area contributed by atoms with Gasteiger partial charge in [0.25, 0.3) is 0 Å². The lowest BCUT2D eigenvalue weighted by molar-refractivity contribution is -0.153. The standard InChI is InChI=1S/C52H59N3O11S/c1-35(2)47(51(59)66-48(39-13-8-6-9-14-39)40-15-10-7-11-16-40)55-49(57)45(34-67-33-38-23-29-43(63-5)30-24-38)53-46(56)18-12-17-44(50(58)64-31-36-19-25-41(61-3)26-20-36)54-52(60)65-32-37-21-27-42(62-4)28-22-37/h6-11,13-16,19-30,35,44-45,47-48H,12,17-18,31-34H2,1-5H3,(H,53,56)(H,54,60)(H,55,57)/t44-,45+,47-/m1/s1/i1+1,2+1,35+1,47D. The van der Waals surface area contributed by atoms with Gasteiger partial charge in [-0.2, -0.15) is 11.8 Å². The minimum atomic E-state index is -2.25. The molecule has 0 bridgehead atoms. The third-order valence-corrected chi connectivity index (χ3v) is 11.5. The van der Waals surface area contributed by atoms with Crippen LogP contribution >= 0.6 is 11.8 Å². The number of methoxy groups -OCH3 is 3. The van der Waals surface area contributed by atoms with Crippen molar-refractivity contribution in [1.29, 1.82) is 0 Å². The third kappa shape index (κ3) is 16.7. The van der Waals surface area contributed by atoms with Gasteiger partial charge in [0.1, 0.15) is 48.6 Å². The first kappa shape index (κ1) is 49.4. The number of benzene rings is 5. The van der Waals surface area contributed by atoms with E-state index in [4.69, 9.17) is 28.4 Å². The molecule has 14 nitrogen and oxygen atoms in total. The van der Waals surface area contributed by atoms with Crippen LogP contribution in [0, 0.1) is 5.92 Å². The quantitative estimate of drug-likeness (QED) is 0.0292. The number of carbonyl (C=O) groups is 5. The Hall–Kier alpha value is -7.00. The fraction of sp³-hybridized carbons (Fsp3) is 0.327. The van der Waals surface area contributed by atoms with Crippen LogP contribution in [0.1, 0.15) is 68.4 Å². The molecule has 0 saturated carbocycles. The van der Waals surface area contributed by atoms with Crippen molar-refractivity contribution in [3.63, 3.8) is 0 Å². The zero-order chi connectivity index (χ0) is 48.9. The fourth-order valence-electron chi connectivity index (χ4n) is 6.62. The number of rotatable bonds is 25. The Morgan fingerprint density at radius 3 is 1.57 bits per heavy atom. The highest BCUT2D eigenvalue weighted by Gasteiger charge is 2.32. The van der Waals surface area contributed by atoms with Gasteiger partial charge in [0.2, 0.25) is 11.8 Å². The van der Waals surface area contributed by atoms with Gasteiger partial charge in [-0.1, -0.05) is 111 Å². The van der Waals surface area contributed by atoms with Crippen LogP contribution in [0.25, 0.3) is 0 Å². The lowest BCUT2D eigenvalue weighted by Crippen LogP contribution is -2.54. The number of esters is 2. The lowest BCUT2D eigenvalue weighted by Gasteiger charge is -2.27. The molecular weight excluding hydrogens is 878 g/mol. The van der Waals surface area contributed by atoms with Gasteiger partial charge in [0.15, 0.2) is 6.10 Å². The first-order valence-corrected chi connectivity index (χ1v) is 23.0. The summed E-state index contributed by atoms with van der Waals surface area (Å²) in [6.07, 6.45) is -1.83. The predicted molar refractivity (Wildman–Crippen MR) is 255 cm³/mol. The number of hydrogen-bond donors (Lipinski definition) is 3. The summed E-state index contributed by atoms with van der Waals surface area (Å²) in [4.78, 5) is 68.5. The number of nitrogens with one attached hydrogen (secondary N) is 3. The van der Waals surface area contributed by atoms with Crippen molar-refractivity contribution in [3.8, 4) is 17.2 Å². The molecule has 0 unspecified atom stereocenters. The number of thioether (sulfide) groups is 1. The van der Waals surface area contributed by atoms with E-state index in [1.807, 2.05) is 84.9 Å². The van der Waals surface area contributed by atoms with Gasteiger partial charge in [-0.05, 0) is 83.0 Å². The molecule has 15 heteroatoms. The number of alkyl carbamates (subject to hydrolysis) is 1. The Morgan fingerprint density at radius 1 is 0.582 bits per heavy atom. The second-order valence-corrected chi connectivity index (χ2v) is 16.6. The second kappa shape index (κ2) is 26.8. The highest BCUT2D eigenvalue weighted by atomic mass is 32.2. The normalized spacial score (nSPS) is 12.9. The maximum atomic E-state index is 14.2. The molecule has 0 aliphatic carbocycles. The Labute approximate surface area is 397 Å². The van der Waals surface area contributed by atoms with E-state index in [2.05, 4.69) is 16.0 Å². The van der Waals surface area contributed by atoms with Crippen molar-refractivity contribution >= 4 is 41.6 Å². The molecule has 67 heavy (non-hydrogen) atoms. The topological polar surface area (TPSA) is 177 Å². The fourth-order valence-corrected chi connectivity index (χ4v) is 7.63. The van der Waals surface area contributed by atoms with E-state index in [1.165, 1.54) is 11.8 Å². The number of amides is 3. The predicted octanol–water partition coefficient (Wildman–Crippen LogP) is 8.11. The smallest absolute Gasteiger partial charge is 0.408 e. The van der Waals surface area contributed by atoms with Crippen LogP contribution in [-0.4, -0.2) is 75.0 Å². The van der Waals surface area contributed by atoms with E-state index in [1.54, 1.807) is 83.7 Å². The summed E-state index contributed by atoms with van der Waals surface area (Å²) in [5.74, 6) is -1.29. The minimum absolute atomic E-state index is 0.0192. The molecule has 5 aromatic rings. The molecule has 0 aromatic heterocycles. The zero-order valence-corrected chi connectivity index (χ0v) is 39.2. The summed E-state index contributed by atoms with van der Waals surface area (Å²) < 4.78 is 42.1. The summed E-state index contributed by atoms with van der Waals surface area (Å²) in [7, 11) is 4.66. The molecule has 0 heterocycles. The van der Waals surface area contributed by atoms with E-state index >= 15 is 0 Å². The van der Waals surface area contributed by atoms with E-state index < -0.39 is 60.0 Å². The van der Waals surface area contributed by atoms with Crippen LogP contribution in [0.3, 0.4) is 0 Å². The highest BCUT2D eigenvalue weighted by molar-refractivity contribution is 7.98. The maximum Gasteiger partial charge on any atom is 0.408 e. The number of hydrogen-bond acceptors (Lipinski definition) is 12. The van der Waals surface area contributed by atoms with Crippen molar-refractivity contribution < 1.29 is 53.8 Å². The van der Waals surface area contributed by atoms with E-state index in [0.29, 0.717) is 45.3 Å². The zero-order valence-electron chi connectivity index (χ0n) is 39.4. The average molecular weight is 938 g/mol. The van der Waals surface area contributed by atoms with Crippen LogP contribution in [0.4, 0.5) is 4.79 Å². The summed E-state index contributed by atoms with van der Waals surface area (Å²) in [6.45, 7) is 3.08. The van der Waals surface area contributed by atoms with Crippen molar-refractivity contribution in [2.45, 2.75) is 76.3 Å². The Kier molecular flexibility index (Phi) is 19.8. The molecule has 5 aromatic carbocycles. The molecule has 3 amide bonds. The van der Waals surface area contributed by atoms with Gasteiger partial charge in [0.05, 0.1) is 22.7 Å². The van der Waals surface area contributed by atoms with Crippen molar-refractivity contribution in [2.75, 3.05) is 27.1 Å². The lowest BCUT2D eigenvalue weighted by atomic mass is 10.0. The van der Waals surface area contributed by atoms with E-state index in [0.717, 1.165) is 5.56 Å². The summed E-state index contributed by atoms with van der Waals surface area (Å²) in [6, 6.07) is 34.9. The monoisotopic (exact) mass is 937 g/mol. The van der Waals surface area contributed by atoms with Crippen molar-refractivity contribution in [3.05, 3.63) is 161 Å². The molecule has 0 aliphatic heterocycles. The summed E-state index contributed by atoms with van der Waals surface area (Å²) >= 11 is 1.37. The van der Waals surface area contributed by atoms with Crippen LogP contribution in [0.5, 0.6) is 17.2 Å². The number of ether oxygens (including phenoxy) is 6. The van der Waals surface area contributed by atoms with E-state index in [-0.39, 0.29) is 38.2 Å². The molecule has 0 aliphatic rings. The third-order valence-electron chi connectivity index (χ3n) is 10.4. The van der Waals surface area contributed by atoms with Crippen LogP contribution < -0.4 is 30.2 Å². The van der Waals surface area contributed by atoms with Crippen molar-refractivity contribution in [2.24, 2.45) is 5.92 Å². The number of carbonyl (C=O) groups excluding carboxylic acids is 5. The Morgan fingerprint density at radius 2 is 1.07 bits per heavy atom. The molecule has 3 atom stereocenters. The van der Waals surface area contributed by atoms with Gasteiger partial charge in [0, 0.05) is 17.9 Å². The summed E-state index contributed by atoms with van der Waals surface area (Å²) in [5, 5.41) is 7.98. The van der Waals surface area contributed by atoms with Gasteiger partial charge in [-0.15, -0.1) is 0 Å². The Bertz CT molecular complexity index is 2340. The minimum Gasteiger partial charge on any atom is -0.497 e. The molecule has 0 saturated heterocycles. The molecule has 0 radical (unpaired) electrons. The van der Waals surface area contributed by atoms with Gasteiger partial charge >= 0.3 is 18.0 Å². The van der Waals surface area contributed by atoms with Gasteiger partial charge in [-0.25, -0.2) is 14.4 Å². The van der Waals surface area contributed by atoms with Crippen LogP contribution in [0.2, 0.25) is 0 Å². The largest absolute Gasteiger partial charge is 0.497 e. The first-order valence-electron chi connectivity index (χ1n) is 22.3. The average Bonchev–Trinajstić information content (AvgIpc) is 3.36. The van der Waals surface area contributed by atoms with Crippen LogP contribution in [-0.2, 0) is 52.4 Å². The molecule has 0 spiro atoms. The molecular formula is C52H59N3O11S. The highest BCUT2D eigenvalue weighted by Crippen LogP contribution is 2.27. The van der Waals surface area contributed by atoms with Crippen molar-refractivity contribution in [1.82, 2.24) is 16.0 Å². The molecule has 354 valence electrons. The Balaban J connectivity index is 1.28. The van der Waals surface area contributed by atoms with Gasteiger partial charge in [-0.3, -0.25) is 9.59 Å². The maximum absolute atomic E-state index is 14.2. The van der Waals surface area contributed by atoms with Crippen LogP contribution in [0.15, 0.2) is 133 Å². The first-order chi connectivity index (χ1) is 32.8. The molecule has 3 N–H and O–H groups in total. The second-order valence-electron chi connectivity index (χ2n) is 15.6.